The lowest BCUT2D eigenvalue weighted by Crippen LogP contribution is -2.39. The number of rotatable bonds is 9. The molecule has 2 N–H and O–H groups in total. The van der Waals surface area contributed by atoms with Crippen LogP contribution in [0, 0.1) is 12.8 Å². The first-order valence-corrected chi connectivity index (χ1v) is 8.62. The fourth-order valence-corrected chi connectivity index (χ4v) is 2.34. The Bertz CT molecular complexity index is 474. The third-order valence-corrected chi connectivity index (χ3v) is 3.69. The number of hydrogen-bond donors (Lipinski definition) is 2. The Hall–Kier alpha value is -1.62. The minimum absolute atomic E-state index is 0.286. The molecular weight excluding hydrogens is 288 g/mol. The first-order valence-electron chi connectivity index (χ1n) is 8.62. The van der Waals surface area contributed by atoms with Crippen molar-refractivity contribution in [3.8, 4) is 0 Å². The molecule has 5 nitrogen and oxygen atoms in total. The van der Waals surface area contributed by atoms with Crippen LogP contribution in [0.25, 0.3) is 0 Å². The first-order chi connectivity index (χ1) is 11.1. The molecule has 130 valence electrons. The van der Waals surface area contributed by atoms with Crippen LogP contribution in [0.5, 0.6) is 0 Å². The van der Waals surface area contributed by atoms with Crippen LogP contribution in [0.1, 0.15) is 45.4 Å². The molecule has 1 rings (SSSR count). The van der Waals surface area contributed by atoms with Gasteiger partial charge in [0.05, 0.1) is 18.3 Å². The zero-order valence-corrected chi connectivity index (χ0v) is 15.2. The van der Waals surface area contributed by atoms with Crippen LogP contribution in [0.3, 0.4) is 0 Å². The molecule has 1 aromatic rings. The van der Waals surface area contributed by atoms with Gasteiger partial charge in [0.2, 0.25) is 0 Å². The molecular formula is C18H32N4O. The van der Waals surface area contributed by atoms with Crippen molar-refractivity contribution in [1.29, 1.82) is 0 Å². The second-order valence-corrected chi connectivity index (χ2v) is 5.92. The van der Waals surface area contributed by atoms with E-state index in [2.05, 4.69) is 54.4 Å². The van der Waals surface area contributed by atoms with E-state index < -0.39 is 0 Å². The van der Waals surface area contributed by atoms with Crippen LogP contribution in [0.4, 0.5) is 0 Å². The van der Waals surface area contributed by atoms with Crippen molar-refractivity contribution in [2.75, 3.05) is 19.7 Å². The number of nitrogens with zero attached hydrogens (tertiary/aromatic N) is 2. The Balaban J connectivity index is 2.54. The molecule has 23 heavy (non-hydrogen) atoms. The number of hydrogen-bond acceptors (Lipinski definition) is 3. The molecule has 0 bridgehead atoms. The molecule has 0 aliphatic heterocycles. The van der Waals surface area contributed by atoms with Crippen molar-refractivity contribution < 1.29 is 4.74 Å². The van der Waals surface area contributed by atoms with Gasteiger partial charge in [-0.2, -0.15) is 0 Å². The van der Waals surface area contributed by atoms with Gasteiger partial charge in [-0.25, -0.2) is 4.99 Å². The van der Waals surface area contributed by atoms with Crippen molar-refractivity contribution in [1.82, 2.24) is 15.6 Å². The quantitative estimate of drug-likeness (QED) is 0.542. The molecule has 0 aliphatic rings. The van der Waals surface area contributed by atoms with Crippen molar-refractivity contribution in [2.24, 2.45) is 10.9 Å². The SMILES string of the molecule is CCNC(=NCc1ncccc1C)NCCC(OCC)C(C)C. The minimum Gasteiger partial charge on any atom is -0.378 e. The molecule has 0 spiro atoms. The van der Waals surface area contributed by atoms with E-state index in [1.165, 1.54) is 5.56 Å². The average molecular weight is 320 g/mol. The second kappa shape index (κ2) is 11.0. The van der Waals surface area contributed by atoms with E-state index in [0.29, 0.717) is 12.5 Å². The lowest BCUT2D eigenvalue weighted by atomic mass is 10.0. The Labute approximate surface area is 141 Å². The predicted molar refractivity (Wildman–Crippen MR) is 96.7 cm³/mol. The molecule has 0 radical (unpaired) electrons. The van der Waals surface area contributed by atoms with E-state index in [1.807, 2.05) is 19.2 Å². The van der Waals surface area contributed by atoms with E-state index in [0.717, 1.165) is 37.8 Å². The summed E-state index contributed by atoms with van der Waals surface area (Å²) in [6, 6.07) is 4.01. The number of aromatic nitrogens is 1. The van der Waals surface area contributed by atoms with Gasteiger partial charge in [0.1, 0.15) is 0 Å². The molecule has 0 saturated heterocycles. The van der Waals surface area contributed by atoms with E-state index in [9.17, 15) is 0 Å². The zero-order chi connectivity index (χ0) is 17.1. The molecule has 0 aromatic carbocycles. The molecule has 1 atom stereocenters. The van der Waals surface area contributed by atoms with Gasteiger partial charge in [-0.15, -0.1) is 0 Å². The summed E-state index contributed by atoms with van der Waals surface area (Å²) in [5, 5.41) is 6.66. The van der Waals surface area contributed by atoms with E-state index in [4.69, 9.17) is 4.74 Å². The number of guanidine groups is 1. The summed E-state index contributed by atoms with van der Waals surface area (Å²) in [4.78, 5) is 9.01. The summed E-state index contributed by atoms with van der Waals surface area (Å²) in [5.41, 5.74) is 2.18. The predicted octanol–water partition coefficient (Wildman–Crippen LogP) is 2.90. The van der Waals surface area contributed by atoms with Gasteiger partial charge < -0.3 is 15.4 Å². The molecule has 1 heterocycles. The summed E-state index contributed by atoms with van der Waals surface area (Å²) in [6.45, 7) is 13.6. The monoisotopic (exact) mass is 320 g/mol. The number of aryl methyl sites for hydroxylation is 1. The summed E-state index contributed by atoms with van der Waals surface area (Å²) >= 11 is 0. The number of nitrogens with one attached hydrogen (secondary N) is 2. The smallest absolute Gasteiger partial charge is 0.191 e. The Morgan fingerprint density at radius 1 is 1.30 bits per heavy atom. The van der Waals surface area contributed by atoms with Crippen LogP contribution >= 0.6 is 0 Å². The average Bonchev–Trinajstić information content (AvgIpc) is 2.52. The van der Waals surface area contributed by atoms with E-state index in [1.54, 1.807) is 0 Å². The lowest BCUT2D eigenvalue weighted by Gasteiger charge is -2.21. The largest absolute Gasteiger partial charge is 0.378 e. The maximum Gasteiger partial charge on any atom is 0.191 e. The molecule has 0 amide bonds. The molecule has 1 aromatic heterocycles. The molecule has 5 heteroatoms. The Kier molecular flexibility index (Phi) is 9.29. The molecule has 0 saturated carbocycles. The van der Waals surface area contributed by atoms with Gasteiger partial charge in [0, 0.05) is 25.9 Å². The number of aliphatic imine (C=N–C) groups is 1. The normalized spacial score (nSPS) is 13.2. The van der Waals surface area contributed by atoms with Crippen molar-refractivity contribution in [3.63, 3.8) is 0 Å². The maximum atomic E-state index is 5.78. The second-order valence-electron chi connectivity index (χ2n) is 5.92. The van der Waals surface area contributed by atoms with Crippen molar-refractivity contribution in [3.05, 3.63) is 29.6 Å². The highest BCUT2D eigenvalue weighted by Crippen LogP contribution is 2.10. The third-order valence-electron chi connectivity index (χ3n) is 3.69. The van der Waals surface area contributed by atoms with Crippen LogP contribution < -0.4 is 10.6 Å². The lowest BCUT2D eigenvalue weighted by molar-refractivity contribution is 0.0258. The van der Waals surface area contributed by atoms with Gasteiger partial charge in [-0.3, -0.25) is 4.98 Å². The maximum absolute atomic E-state index is 5.78. The highest BCUT2D eigenvalue weighted by molar-refractivity contribution is 5.79. The first kappa shape index (κ1) is 19.4. The Morgan fingerprint density at radius 2 is 2.09 bits per heavy atom. The van der Waals surface area contributed by atoms with Gasteiger partial charge >= 0.3 is 0 Å². The number of pyridine rings is 1. The van der Waals surface area contributed by atoms with Crippen LogP contribution in [-0.4, -0.2) is 36.7 Å². The van der Waals surface area contributed by atoms with E-state index >= 15 is 0 Å². The molecule has 0 aliphatic carbocycles. The molecule has 1 unspecified atom stereocenters. The summed E-state index contributed by atoms with van der Waals surface area (Å²) in [5.74, 6) is 1.35. The summed E-state index contributed by atoms with van der Waals surface area (Å²) in [6.07, 6.45) is 3.07. The molecule has 0 fully saturated rings. The van der Waals surface area contributed by atoms with Crippen LogP contribution in [0.15, 0.2) is 23.3 Å². The van der Waals surface area contributed by atoms with Gasteiger partial charge in [0.15, 0.2) is 5.96 Å². The van der Waals surface area contributed by atoms with Crippen molar-refractivity contribution >= 4 is 5.96 Å². The van der Waals surface area contributed by atoms with Gasteiger partial charge in [-0.1, -0.05) is 19.9 Å². The standard InChI is InChI=1S/C18H32N4O/c1-6-19-18(21-12-10-17(14(3)4)23-7-2)22-13-16-15(5)9-8-11-20-16/h8-9,11,14,17H,6-7,10,12-13H2,1-5H3,(H2,19,21,22). The summed E-state index contributed by atoms with van der Waals surface area (Å²) < 4.78 is 5.78. The van der Waals surface area contributed by atoms with Gasteiger partial charge in [-0.05, 0) is 44.7 Å². The summed E-state index contributed by atoms with van der Waals surface area (Å²) in [7, 11) is 0. The van der Waals surface area contributed by atoms with Crippen LogP contribution in [0.2, 0.25) is 0 Å². The Morgan fingerprint density at radius 3 is 2.70 bits per heavy atom. The topological polar surface area (TPSA) is 58.5 Å². The highest BCUT2D eigenvalue weighted by atomic mass is 16.5. The fraction of sp³-hybridized carbons (Fsp3) is 0.667. The number of ether oxygens (including phenoxy) is 1. The van der Waals surface area contributed by atoms with E-state index in [-0.39, 0.29) is 6.10 Å². The third kappa shape index (κ3) is 7.46. The van der Waals surface area contributed by atoms with Crippen LogP contribution in [-0.2, 0) is 11.3 Å². The van der Waals surface area contributed by atoms with Gasteiger partial charge in [0.25, 0.3) is 0 Å². The zero-order valence-electron chi connectivity index (χ0n) is 15.2. The fourth-order valence-electron chi connectivity index (χ4n) is 2.34. The minimum atomic E-state index is 0.286. The van der Waals surface area contributed by atoms with Crippen molar-refractivity contribution in [2.45, 2.75) is 53.7 Å². The highest BCUT2D eigenvalue weighted by Gasteiger charge is 2.12.